The van der Waals surface area contributed by atoms with Crippen molar-refractivity contribution < 1.29 is 19.4 Å². The summed E-state index contributed by atoms with van der Waals surface area (Å²) in [7, 11) is 0. The van der Waals surface area contributed by atoms with Crippen molar-refractivity contribution in [2.75, 3.05) is 0 Å². The van der Waals surface area contributed by atoms with E-state index in [1.54, 1.807) is 0 Å². The molecule has 2 N–H and O–H groups in total. The van der Waals surface area contributed by atoms with Crippen LogP contribution >= 0.6 is 23.2 Å². The van der Waals surface area contributed by atoms with Gasteiger partial charge in [-0.05, 0) is 12.1 Å². The van der Waals surface area contributed by atoms with Gasteiger partial charge in [0.15, 0.2) is 6.10 Å². The van der Waals surface area contributed by atoms with Crippen molar-refractivity contribution in [2.24, 2.45) is 0 Å². The zero-order valence-electron chi connectivity index (χ0n) is 6.67. The van der Waals surface area contributed by atoms with Gasteiger partial charge < -0.3 is 10.2 Å². The van der Waals surface area contributed by atoms with Crippen LogP contribution in [-0.4, -0.2) is 16.2 Å². The fourth-order valence-electron chi connectivity index (χ4n) is 0.881. The lowest BCUT2D eigenvalue weighted by Crippen LogP contribution is -2.11. The Morgan fingerprint density at radius 3 is 2.43 bits per heavy atom. The number of benzene rings is 1. The Kier molecular flexibility index (Phi) is 3.31. The lowest BCUT2D eigenvalue weighted by molar-refractivity contribution is -0.146. The Balaban J connectivity index is 3.22. The number of carbonyl (C=O) groups is 1. The number of halogens is 3. The van der Waals surface area contributed by atoms with Gasteiger partial charge in [-0.15, -0.1) is 0 Å². The molecule has 14 heavy (non-hydrogen) atoms. The molecule has 1 unspecified atom stereocenters. The van der Waals surface area contributed by atoms with Gasteiger partial charge in [0.05, 0.1) is 5.02 Å². The van der Waals surface area contributed by atoms with Crippen LogP contribution in [0.3, 0.4) is 0 Å². The summed E-state index contributed by atoms with van der Waals surface area (Å²) in [5.41, 5.74) is -0.134. The maximum absolute atomic E-state index is 12.8. The molecule has 1 aromatic rings. The molecule has 0 radical (unpaired) electrons. The number of rotatable bonds is 2. The highest BCUT2D eigenvalue weighted by atomic mass is 35.5. The van der Waals surface area contributed by atoms with Crippen LogP contribution in [0.25, 0.3) is 0 Å². The van der Waals surface area contributed by atoms with E-state index in [1.807, 2.05) is 0 Å². The van der Waals surface area contributed by atoms with Gasteiger partial charge in [-0.1, -0.05) is 23.2 Å². The van der Waals surface area contributed by atoms with Crippen molar-refractivity contribution in [3.63, 3.8) is 0 Å². The number of aliphatic hydroxyl groups excluding tert-OH is 1. The Morgan fingerprint density at radius 2 is 1.93 bits per heavy atom. The first-order valence-electron chi connectivity index (χ1n) is 3.48. The lowest BCUT2D eigenvalue weighted by Gasteiger charge is -2.08. The summed E-state index contributed by atoms with van der Waals surface area (Å²) < 4.78 is 12.8. The van der Waals surface area contributed by atoms with Crippen LogP contribution in [-0.2, 0) is 4.79 Å². The van der Waals surface area contributed by atoms with E-state index in [0.717, 1.165) is 12.1 Å². The Hall–Kier alpha value is -0.840. The maximum Gasteiger partial charge on any atom is 0.337 e. The number of carboxylic acids is 1. The van der Waals surface area contributed by atoms with E-state index in [9.17, 15) is 9.18 Å². The third-order valence-electron chi connectivity index (χ3n) is 1.57. The predicted molar refractivity (Wildman–Crippen MR) is 49.0 cm³/mol. The number of carboxylic acid groups (broad SMARTS) is 1. The maximum atomic E-state index is 12.8. The van der Waals surface area contributed by atoms with Crippen LogP contribution in [0.15, 0.2) is 12.1 Å². The molecule has 0 fully saturated rings. The van der Waals surface area contributed by atoms with Crippen molar-refractivity contribution in [3.05, 3.63) is 33.6 Å². The van der Waals surface area contributed by atoms with E-state index in [4.69, 9.17) is 33.4 Å². The van der Waals surface area contributed by atoms with Crippen LogP contribution in [0.2, 0.25) is 10.0 Å². The van der Waals surface area contributed by atoms with Crippen molar-refractivity contribution in [2.45, 2.75) is 6.10 Å². The summed E-state index contributed by atoms with van der Waals surface area (Å²) in [5.74, 6) is -2.24. The minimum absolute atomic E-state index is 0.134. The van der Waals surface area contributed by atoms with Crippen molar-refractivity contribution in [1.29, 1.82) is 0 Å². The highest BCUT2D eigenvalue weighted by molar-refractivity contribution is 6.33. The van der Waals surface area contributed by atoms with Gasteiger partial charge in [-0.3, -0.25) is 0 Å². The SMILES string of the molecule is O=C(O)C(O)c1cc(Cl)c(F)cc1Cl. The number of aliphatic hydroxyl groups is 1. The van der Waals surface area contributed by atoms with E-state index < -0.39 is 17.9 Å². The summed E-state index contributed by atoms with van der Waals surface area (Å²) in [6, 6.07) is 1.84. The third kappa shape index (κ3) is 2.15. The summed E-state index contributed by atoms with van der Waals surface area (Å²) in [4.78, 5) is 10.4. The molecule has 0 amide bonds. The van der Waals surface area contributed by atoms with Crippen molar-refractivity contribution >= 4 is 29.2 Å². The molecule has 0 saturated carbocycles. The van der Waals surface area contributed by atoms with Crippen molar-refractivity contribution in [3.8, 4) is 0 Å². The number of hydrogen-bond acceptors (Lipinski definition) is 2. The fraction of sp³-hybridized carbons (Fsp3) is 0.125. The van der Waals surface area contributed by atoms with Gasteiger partial charge in [0.2, 0.25) is 0 Å². The zero-order valence-corrected chi connectivity index (χ0v) is 8.18. The van der Waals surface area contributed by atoms with Crippen LogP contribution in [0.4, 0.5) is 4.39 Å². The van der Waals surface area contributed by atoms with Gasteiger partial charge in [-0.2, -0.15) is 0 Å². The van der Waals surface area contributed by atoms with E-state index in [-0.39, 0.29) is 15.6 Å². The highest BCUT2D eigenvalue weighted by Crippen LogP contribution is 2.28. The molecule has 3 nitrogen and oxygen atoms in total. The normalized spacial score (nSPS) is 12.6. The van der Waals surface area contributed by atoms with Crippen LogP contribution in [0.5, 0.6) is 0 Å². The zero-order chi connectivity index (χ0) is 10.9. The molecule has 1 rings (SSSR count). The average Bonchev–Trinajstić information content (AvgIpc) is 2.10. The quantitative estimate of drug-likeness (QED) is 0.778. The third-order valence-corrected chi connectivity index (χ3v) is 2.19. The summed E-state index contributed by atoms with van der Waals surface area (Å²) in [5, 5.41) is 17.1. The molecule has 0 aliphatic heterocycles. The topological polar surface area (TPSA) is 57.5 Å². The first-order valence-corrected chi connectivity index (χ1v) is 4.24. The standard InChI is InChI=1S/C8H5Cl2FO3/c9-4-2-6(11)5(10)1-3(4)7(12)8(13)14/h1-2,7,12H,(H,13,14). The Labute approximate surface area is 88.7 Å². The van der Waals surface area contributed by atoms with Gasteiger partial charge in [0, 0.05) is 10.6 Å². The molecule has 0 heterocycles. The molecule has 76 valence electrons. The van der Waals surface area contributed by atoms with E-state index in [0.29, 0.717) is 0 Å². The number of hydrogen-bond donors (Lipinski definition) is 2. The molecular formula is C8H5Cl2FO3. The predicted octanol–water partition coefficient (Wildman–Crippen LogP) is 2.25. The molecule has 0 spiro atoms. The largest absolute Gasteiger partial charge is 0.479 e. The second-order valence-electron chi connectivity index (χ2n) is 2.53. The minimum atomic E-state index is -1.81. The van der Waals surface area contributed by atoms with Gasteiger partial charge in [-0.25, -0.2) is 9.18 Å². The minimum Gasteiger partial charge on any atom is -0.479 e. The smallest absolute Gasteiger partial charge is 0.337 e. The summed E-state index contributed by atoms with van der Waals surface area (Å²) in [6.45, 7) is 0. The van der Waals surface area contributed by atoms with Crippen LogP contribution in [0.1, 0.15) is 11.7 Å². The molecule has 0 aliphatic rings. The first kappa shape index (κ1) is 11.2. The molecular weight excluding hydrogens is 234 g/mol. The summed E-state index contributed by atoms with van der Waals surface area (Å²) >= 11 is 10.9. The van der Waals surface area contributed by atoms with Crippen molar-refractivity contribution in [1.82, 2.24) is 0 Å². The second kappa shape index (κ2) is 4.13. The molecule has 0 saturated heterocycles. The first-order chi connectivity index (χ1) is 6.43. The van der Waals surface area contributed by atoms with Crippen LogP contribution < -0.4 is 0 Å². The summed E-state index contributed by atoms with van der Waals surface area (Å²) in [6.07, 6.45) is -1.81. The van der Waals surface area contributed by atoms with Gasteiger partial charge in [0.1, 0.15) is 5.82 Å². The lowest BCUT2D eigenvalue weighted by atomic mass is 10.1. The molecule has 0 bridgehead atoms. The highest BCUT2D eigenvalue weighted by Gasteiger charge is 2.20. The molecule has 0 aromatic heterocycles. The molecule has 1 aromatic carbocycles. The van der Waals surface area contributed by atoms with E-state index in [1.165, 1.54) is 0 Å². The fourth-order valence-corrected chi connectivity index (χ4v) is 1.31. The molecule has 6 heteroatoms. The van der Waals surface area contributed by atoms with Gasteiger partial charge >= 0.3 is 5.97 Å². The van der Waals surface area contributed by atoms with E-state index >= 15 is 0 Å². The second-order valence-corrected chi connectivity index (χ2v) is 3.34. The monoisotopic (exact) mass is 238 g/mol. The molecule has 0 aliphatic carbocycles. The number of aliphatic carboxylic acids is 1. The van der Waals surface area contributed by atoms with Gasteiger partial charge in [0.25, 0.3) is 0 Å². The Morgan fingerprint density at radius 1 is 1.36 bits per heavy atom. The van der Waals surface area contributed by atoms with Crippen LogP contribution in [0, 0.1) is 5.82 Å². The molecule has 1 atom stereocenters. The Bertz CT molecular complexity index is 381. The average molecular weight is 239 g/mol. The van der Waals surface area contributed by atoms with E-state index in [2.05, 4.69) is 0 Å².